The van der Waals surface area contributed by atoms with Gasteiger partial charge in [0, 0.05) is 15.9 Å². The predicted molar refractivity (Wildman–Crippen MR) is 84.7 cm³/mol. The Bertz CT molecular complexity index is 491. The minimum atomic E-state index is 0.00551. The molecule has 0 fully saturated rings. The molecular weight excluding hydrogens is 332 g/mol. The van der Waals surface area contributed by atoms with Crippen molar-refractivity contribution in [1.82, 2.24) is 0 Å². The van der Waals surface area contributed by atoms with Gasteiger partial charge in [-0.05, 0) is 24.6 Å². The summed E-state index contributed by atoms with van der Waals surface area (Å²) >= 11 is 6.68. The molecule has 0 saturated carbocycles. The fourth-order valence-corrected chi connectivity index (χ4v) is 3.59. The summed E-state index contributed by atoms with van der Waals surface area (Å²) in [6.45, 7) is 2.89. The monoisotopic (exact) mass is 344 g/mol. The summed E-state index contributed by atoms with van der Waals surface area (Å²) in [6, 6.07) is 5.80. The van der Waals surface area contributed by atoms with Gasteiger partial charge in [0.25, 0.3) is 0 Å². The summed E-state index contributed by atoms with van der Waals surface area (Å²) in [6.07, 6.45) is 0. The Morgan fingerprint density at radius 3 is 3.11 bits per heavy atom. The molecule has 0 atom stereocenters. The highest BCUT2D eigenvalue weighted by Gasteiger charge is 2.10. The third kappa shape index (κ3) is 4.03. The Kier molecular flexibility index (Phi) is 5.14. The number of amides is 1. The van der Waals surface area contributed by atoms with Crippen LogP contribution in [0.3, 0.4) is 0 Å². The standard InChI is InChI=1S/C12H13BrN2OS2/c1-8-2-3-9(6-10(8)13)15-11(16)7-18-12-14-4-5-17-12/h2-3,6H,4-5,7H2,1H3,(H,15,16). The van der Waals surface area contributed by atoms with Crippen molar-refractivity contribution in [1.29, 1.82) is 0 Å². The number of rotatable bonds is 3. The van der Waals surface area contributed by atoms with Crippen molar-refractivity contribution in [2.45, 2.75) is 6.92 Å². The first-order chi connectivity index (χ1) is 8.65. The van der Waals surface area contributed by atoms with Gasteiger partial charge >= 0.3 is 0 Å². The van der Waals surface area contributed by atoms with Crippen LogP contribution in [0.5, 0.6) is 0 Å². The molecule has 0 spiro atoms. The number of hydrogen-bond donors (Lipinski definition) is 1. The first kappa shape index (κ1) is 14.0. The van der Waals surface area contributed by atoms with Crippen LogP contribution in [0.4, 0.5) is 5.69 Å². The molecular formula is C12H13BrN2OS2. The van der Waals surface area contributed by atoms with Gasteiger partial charge in [-0.1, -0.05) is 45.5 Å². The third-order valence-electron chi connectivity index (χ3n) is 2.34. The molecule has 1 heterocycles. The van der Waals surface area contributed by atoms with E-state index in [0.717, 1.165) is 32.4 Å². The van der Waals surface area contributed by atoms with Crippen LogP contribution in [0, 0.1) is 6.92 Å². The van der Waals surface area contributed by atoms with Gasteiger partial charge in [-0.15, -0.1) is 0 Å². The van der Waals surface area contributed by atoms with Crippen LogP contribution in [0.15, 0.2) is 27.7 Å². The van der Waals surface area contributed by atoms with Gasteiger partial charge in [0.05, 0.1) is 12.3 Å². The number of carbonyl (C=O) groups is 1. The summed E-state index contributed by atoms with van der Waals surface area (Å²) in [7, 11) is 0. The summed E-state index contributed by atoms with van der Waals surface area (Å²) in [5.74, 6) is 1.46. The fourth-order valence-electron chi connectivity index (χ4n) is 1.40. The van der Waals surface area contributed by atoms with Crippen LogP contribution in [-0.2, 0) is 4.79 Å². The highest BCUT2D eigenvalue weighted by Crippen LogP contribution is 2.23. The SMILES string of the molecule is Cc1ccc(NC(=O)CSC2=NCCS2)cc1Br. The topological polar surface area (TPSA) is 41.5 Å². The van der Waals surface area contributed by atoms with Gasteiger partial charge in [0.15, 0.2) is 0 Å². The van der Waals surface area contributed by atoms with Crippen molar-refractivity contribution in [3.05, 3.63) is 28.2 Å². The van der Waals surface area contributed by atoms with Crippen molar-refractivity contribution in [3.8, 4) is 0 Å². The number of nitrogens with one attached hydrogen (secondary N) is 1. The fraction of sp³-hybridized carbons (Fsp3) is 0.333. The van der Waals surface area contributed by atoms with E-state index in [0.29, 0.717) is 5.75 Å². The second-order valence-corrected chi connectivity index (χ2v) is 6.96. The lowest BCUT2D eigenvalue weighted by atomic mass is 10.2. The Hall–Kier alpha value is -0.460. The summed E-state index contributed by atoms with van der Waals surface area (Å²) in [5.41, 5.74) is 1.97. The van der Waals surface area contributed by atoms with E-state index in [-0.39, 0.29) is 5.91 Å². The van der Waals surface area contributed by atoms with E-state index in [9.17, 15) is 4.79 Å². The number of hydrogen-bond acceptors (Lipinski definition) is 4. The van der Waals surface area contributed by atoms with Gasteiger partial charge in [0.2, 0.25) is 5.91 Å². The molecule has 0 saturated heterocycles. The number of nitrogens with zero attached hydrogens (tertiary/aromatic N) is 1. The number of aryl methyl sites for hydroxylation is 1. The molecule has 1 aliphatic heterocycles. The summed E-state index contributed by atoms with van der Waals surface area (Å²) < 4.78 is 2.03. The van der Waals surface area contributed by atoms with E-state index in [4.69, 9.17) is 0 Å². The van der Waals surface area contributed by atoms with Gasteiger partial charge < -0.3 is 5.32 Å². The Morgan fingerprint density at radius 2 is 2.44 bits per heavy atom. The van der Waals surface area contributed by atoms with E-state index in [1.807, 2.05) is 25.1 Å². The molecule has 0 bridgehead atoms. The number of anilines is 1. The smallest absolute Gasteiger partial charge is 0.234 e. The average molecular weight is 345 g/mol. The van der Waals surface area contributed by atoms with Crippen LogP contribution in [0.1, 0.15) is 5.56 Å². The van der Waals surface area contributed by atoms with Crippen LogP contribution in [-0.4, -0.2) is 28.3 Å². The van der Waals surface area contributed by atoms with Gasteiger partial charge in [-0.25, -0.2) is 0 Å². The number of halogens is 1. The third-order valence-corrected chi connectivity index (χ3v) is 5.45. The molecule has 0 aromatic heterocycles. The molecule has 1 N–H and O–H groups in total. The Morgan fingerprint density at radius 1 is 1.61 bits per heavy atom. The zero-order valence-corrected chi connectivity index (χ0v) is 13.1. The second kappa shape index (κ2) is 6.63. The highest BCUT2D eigenvalue weighted by molar-refractivity contribution is 9.10. The van der Waals surface area contributed by atoms with E-state index < -0.39 is 0 Å². The first-order valence-electron chi connectivity index (χ1n) is 5.51. The number of aliphatic imine (C=N–C) groups is 1. The number of thioether (sulfide) groups is 2. The molecule has 1 aliphatic rings. The maximum atomic E-state index is 11.8. The molecule has 96 valence electrons. The predicted octanol–water partition coefficient (Wildman–Crippen LogP) is 3.53. The van der Waals surface area contributed by atoms with Crippen LogP contribution >= 0.6 is 39.5 Å². The van der Waals surface area contributed by atoms with Crippen molar-refractivity contribution in [3.63, 3.8) is 0 Å². The summed E-state index contributed by atoms with van der Waals surface area (Å²) in [4.78, 5) is 16.0. The molecule has 1 aromatic carbocycles. The first-order valence-corrected chi connectivity index (χ1v) is 8.27. The lowest BCUT2D eigenvalue weighted by Crippen LogP contribution is -2.14. The van der Waals surface area contributed by atoms with Crippen LogP contribution in [0.25, 0.3) is 0 Å². The minimum Gasteiger partial charge on any atom is -0.325 e. The van der Waals surface area contributed by atoms with E-state index in [2.05, 4.69) is 26.2 Å². The van der Waals surface area contributed by atoms with E-state index in [1.165, 1.54) is 11.8 Å². The molecule has 0 aliphatic carbocycles. The lowest BCUT2D eigenvalue weighted by Gasteiger charge is -2.06. The largest absolute Gasteiger partial charge is 0.325 e. The quantitative estimate of drug-likeness (QED) is 0.911. The zero-order chi connectivity index (χ0) is 13.0. The van der Waals surface area contributed by atoms with Gasteiger partial charge in [-0.3, -0.25) is 9.79 Å². The maximum absolute atomic E-state index is 11.8. The number of carbonyl (C=O) groups excluding carboxylic acids is 1. The van der Waals surface area contributed by atoms with Gasteiger partial charge in [0.1, 0.15) is 4.38 Å². The molecule has 1 aromatic rings. The van der Waals surface area contributed by atoms with Crippen molar-refractivity contribution < 1.29 is 4.79 Å². The molecule has 18 heavy (non-hydrogen) atoms. The maximum Gasteiger partial charge on any atom is 0.234 e. The molecule has 6 heteroatoms. The lowest BCUT2D eigenvalue weighted by molar-refractivity contribution is -0.113. The van der Waals surface area contributed by atoms with Gasteiger partial charge in [-0.2, -0.15) is 0 Å². The van der Waals surface area contributed by atoms with E-state index >= 15 is 0 Å². The van der Waals surface area contributed by atoms with Crippen LogP contribution < -0.4 is 5.32 Å². The molecule has 3 nitrogen and oxygen atoms in total. The van der Waals surface area contributed by atoms with Crippen LogP contribution in [0.2, 0.25) is 0 Å². The van der Waals surface area contributed by atoms with Crippen molar-refractivity contribution >= 4 is 55.4 Å². The summed E-state index contributed by atoms with van der Waals surface area (Å²) in [5, 5.41) is 2.88. The minimum absolute atomic E-state index is 0.00551. The molecule has 0 radical (unpaired) electrons. The Labute approximate surface area is 123 Å². The van der Waals surface area contributed by atoms with Crippen molar-refractivity contribution in [2.24, 2.45) is 4.99 Å². The number of benzene rings is 1. The molecule has 2 rings (SSSR count). The normalized spacial score (nSPS) is 14.4. The molecule has 0 unspecified atom stereocenters. The van der Waals surface area contributed by atoms with Crippen molar-refractivity contribution in [2.75, 3.05) is 23.4 Å². The zero-order valence-electron chi connectivity index (χ0n) is 9.90. The second-order valence-electron chi connectivity index (χ2n) is 3.80. The molecule has 1 amide bonds. The highest BCUT2D eigenvalue weighted by atomic mass is 79.9. The average Bonchev–Trinajstić information content (AvgIpc) is 2.84. The Balaban J connectivity index is 1.84. The van der Waals surface area contributed by atoms with E-state index in [1.54, 1.807) is 11.8 Å².